The molecule has 3 heterocycles. The molecule has 0 radical (unpaired) electrons. The van der Waals surface area contributed by atoms with Crippen LogP contribution in [-0.2, 0) is 24.5 Å². The van der Waals surface area contributed by atoms with Crippen LogP contribution in [0.4, 0.5) is 10.5 Å². The lowest BCUT2D eigenvalue weighted by Crippen LogP contribution is -2.55. The number of rotatable bonds is 7. The summed E-state index contributed by atoms with van der Waals surface area (Å²) >= 11 is 0. The van der Waals surface area contributed by atoms with Gasteiger partial charge in [-0.25, -0.2) is 9.69 Å². The topological polar surface area (TPSA) is 152 Å². The number of phenols is 1. The van der Waals surface area contributed by atoms with Gasteiger partial charge in [-0.3, -0.25) is 19.3 Å². The van der Waals surface area contributed by atoms with Gasteiger partial charge < -0.3 is 25.6 Å². The van der Waals surface area contributed by atoms with Crippen LogP contribution in [0.15, 0.2) is 158 Å². The number of nitrogens with two attached hydrogens (primary N) is 1. The Morgan fingerprint density at radius 1 is 0.758 bits per heavy atom. The Hall–Kier alpha value is -7.68. The van der Waals surface area contributed by atoms with Crippen molar-refractivity contribution < 1.29 is 33.8 Å². The lowest BCUT2D eigenvalue weighted by molar-refractivity contribution is -0.178. The quantitative estimate of drug-likeness (QED) is 0.111. The number of ether oxygens (including phenoxy) is 2. The number of hydrogen-bond donors (Lipinski definition) is 3. The number of primary amides is 1. The van der Waals surface area contributed by atoms with Gasteiger partial charge in [0.1, 0.15) is 29.1 Å². The summed E-state index contributed by atoms with van der Waals surface area (Å²) in [5.74, 6) is 3.04. The first kappa shape index (κ1) is 39.8. The second-order valence-corrected chi connectivity index (χ2v) is 15.7. The summed E-state index contributed by atoms with van der Waals surface area (Å²) in [4.78, 5) is 63.1. The van der Waals surface area contributed by atoms with E-state index in [1.54, 1.807) is 49.6 Å². The molecule has 6 aromatic rings. The smallest absolute Gasteiger partial charge is 0.329 e. The third-order valence-corrected chi connectivity index (χ3v) is 12.3. The number of amides is 4. The van der Waals surface area contributed by atoms with Gasteiger partial charge in [-0.05, 0) is 89.3 Å². The number of morpholine rings is 1. The van der Waals surface area contributed by atoms with Crippen molar-refractivity contribution in [1.29, 1.82) is 0 Å². The molecule has 2 saturated heterocycles. The van der Waals surface area contributed by atoms with Gasteiger partial charge in [0, 0.05) is 11.1 Å². The number of aromatic hydroxyl groups is 1. The molecule has 11 heteroatoms. The van der Waals surface area contributed by atoms with Gasteiger partial charge in [0.25, 0.3) is 0 Å². The Morgan fingerprint density at radius 2 is 1.35 bits per heavy atom. The van der Waals surface area contributed by atoms with Crippen molar-refractivity contribution in [2.24, 2.45) is 11.7 Å². The van der Waals surface area contributed by atoms with Crippen LogP contribution in [0.2, 0.25) is 0 Å². The summed E-state index contributed by atoms with van der Waals surface area (Å²) in [6.07, 6.45) is -0.894. The molecule has 0 aromatic heterocycles. The van der Waals surface area contributed by atoms with Crippen LogP contribution in [-0.4, -0.2) is 47.0 Å². The van der Waals surface area contributed by atoms with E-state index in [0.717, 1.165) is 16.0 Å². The Kier molecular flexibility index (Phi) is 10.3. The van der Waals surface area contributed by atoms with E-state index in [-0.39, 0.29) is 11.4 Å². The van der Waals surface area contributed by atoms with Crippen molar-refractivity contribution in [2.75, 3.05) is 12.0 Å². The number of nitrogens with zero attached hydrogens (tertiary/aromatic N) is 2. The first-order valence-corrected chi connectivity index (χ1v) is 20.3. The van der Waals surface area contributed by atoms with E-state index >= 15 is 4.79 Å². The molecule has 0 saturated carbocycles. The molecule has 6 aromatic carbocycles. The first-order valence-electron chi connectivity index (χ1n) is 20.3. The molecule has 0 bridgehead atoms. The Balaban J connectivity index is 1.30. The molecule has 1 spiro atoms. The molecule has 62 heavy (non-hydrogen) atoms. The highest BCUT2D eigenvalue weighted by atomic mass is 16.6. The average molecular weight is 823 g/mol. The summed E-state index contributed by atoms with van der Waals surface area (Å²) in [6.45, 7) is 1.81. The van der Waals surface area contributed by atoms with Crippen molar-refractivity contribution in [1.82, 2.24) is 10.2 Å². The van der Waals surface area contributed by atoms with Crippen LogP contribution in [0.3, 0.4) is 0 Å². The van der Waals surface area contributed by atoms with Crippen LogP contribution in [0.1, 0.15) is 70.1 Å². The third-order valence-electron chi connectivity index (χ3n) is 12.3. The first-order chi connectivity index (χ1) is 30.1. The summed E-state index contributed by atoms with van der Waals surface area (Å²) in [5.41, 5.74) is 8.90. The molecule has 11 nitrogen and oxygen atoms in total. The number of carbonyl (C=O) groups excluding carboxylic acids is 4. The predicted octanol–water partition coefficient (Wildman–Crippen LogP) is 7.42. The number of nitrogens with one attached hydrogen (secondary N) is 1. The normalized spacial score (nSPS) is 23.1. The van der Waals surface area contributed by atoms with E-state index in [1.165, 1.54) is 12.1 Å². The fourth-order valence-corrected chi connectivity index (χ4v) is 9.57. The number of imide groups is 1. The number of hydrogen-bond acceptors (Lipinski definition) is 8. The minimum absolute atomic E-state index is 0.0335. The number of urea groups is 1. The number of anilines is 1. The van der Waals surface area contributed by atoms with Gasteiger partial charge in [0.05, 0.1) is 36.8 Å². The van der Waals surface area contributed by atoms with Crippen LogP contribution in [0.25, 0.3) is 0 Å². The van der Waals surface area contributed by atoms with Crippen molar-refractivity contribution in [3.8, 4) is 23.3 Å². The minimum atomic E-state index is -2.01. The van der Waals surface area contributed by atoms with Crippen LogP contribution < -0.4 is 20.7 Å². The highest BCUT2D eigenvalue weighted by molar-refractivity contribution is 6.24. The van der Waals surface area contributed by atoms with Crippen molar-refractivity contribution >= 4 is 29.5 Å². The molecule has 3 aliphatic rings. The Bertz CT molecular complexity index is 2740. The Morgan fingerprint density at radius 3 is 1.98 bits per heavy atom. The summed E-state index contributed by atoms with van der Waals surface area (Å²) in [6, 6.07) is 42.2. The van der Waals surface area contributed by atoms with Crippen LogP contribution in [0.5, 0.6) is 11.5 Å². The van der Waals surface area contributed by atoms with Gasteiger partial charge in [-0.15, -0.1) is 0 Å². The second kappa shape index (κ2) is 16.1. The Labute approximate surface area is 358 Å². The highest BCUT2D eigenvalue weighted by Gasteiger charge is 2.75. The van der Waals surface area contributed by atoms with Gasteiger partial charge in [-0.1, -0.05) is 115 Å². The SMILES string of the molecule is COc1ccc(C#Cc2ccc3c(c2)[C@]2(C(=O)N3C(=O)N[C@H](C)c3ccccc3)[C@H](c3ccc(O)cc3)N3[C@H](c4ccccc4)[C@H](c4ccccc4)OC(=O)[C@H]3[C@@H]2C(N)=O)cc1. The van der Waals surface area contributed by atoms with E-state index in [1.807, 2.05) is 115 Å². The minimum Gasteiger partial charge on any atom is -0.508 e. The molecule has 2 fully saturated rings. The summed E-state index contributed by atoms with van der Waals surface area (Å²) in [7, 11) is 1.58. The van der Waals surface area contributed by atoms with Crippen molar-refractivity contribution in [3.63, 3.8) is 0 Å². The summed E-state index contributed by atoms with van der Waals surface area (Å²) in [5, 5.41) is 13.6. The molecule has 0 aliphatic carbocycles. The van der Waals surface area contributed by atoms with Gasteiger partial charge in [0.2, 0.25) is 11.8 Å². The number of carbonyl (C=O) groups is 4. The number of benzene rings is 6. The second-order valence-electron chi connectivity index (χ2n) is 15.7. The van der Waals surface area contributed by atoms with E-state index in [0.29, 0.717) is 33.6 Å². The van der Waals surface area contributed by atoms with E-state index in [2.05, 4.69) is 17.2 Å². The zero-order chi connectivity index (χ0) is 43.1. The van der Waals surface area contributed by atoms with E-state index in [4.69, 9.17) is 15.2 Å². The fourth-order valence-electron chi connectivity index (χ4n) is 9.57. The highest BCUT2D eigenvalue weighted by Crippen LogP contribution is 2.65. The van der Waals surface area contributed by atoms with Crippen LogP contribution >= 0.6 is 0 Å². The molecule has 308 valence electrons. The molecule has 4 N–H and O–H groups in total. The molecule has 9 rings (SSSR count). The molecular formula is C51H42N4O7. The van der Waals surface area contributed by atoms with Gasteiger partial charge in [-0.2, -0.15) is 0 Å². The molecule has 7 atom stereocenters. The zero-order valence-corrected chi connectivity index (χ0v) is 33.8. The van der Waals surface area contributed by atoms with Crippen LogP contribution in [0, 0.1) is 17.8 Å². The monoisotopic (exact) mass is 822 g/mol. The standard InChI is InChI=1S/C51H42N4O7/c1-31(34-12-6-3-7-13-34)53-50(60)54-41-29-22-33(19-18-32-20-27-39(61-2)28-21-32)30-40(41)51(49(54)59)42(47(52)57)44-48(58)62-45(36-16-10-5-11-17-36)43(35-14-8-4-9-15-35)55(44)46(51)37-23-25-38(56)26-24-37/h3-17,20-31,42-46,56H,1-2H3,(H2,52,57)(H,53,60)/t31-,42-,43-,44-,45+,46+,51-/m1/s1. The molecular weight excluding hydrogens is 781 g/mol. The molecule has 3 aliphatic heterocycles. The van der Waals surface area contributed by atoms with Crippen molar-refractivity contribution in [2.45, 2.75) is 42.6 Å². The average Bonchev–Trinajstić information content (AvgIpc) is 3.76. The van der Waals surface area contributed by atoms with Gasteiger partial charge in [0.15, 0.2) is 0 Å². The molecule has 0 unspecified atom stereocenters. The van der Waals surface area contributed by atoms with Gasteiger partial charge >= 0.3 is 12.0 Å². The number of cyclic esters (lactones) is 1. The van der Waals surface area contributed by atoms with E-state index in [9.17, 15) is 19.5 Å². The lowest BCUT2D eigenvalue weighted by atomic mass is 9.65. The van der Waals surface area contributed by atoms with E-state index < -0.39 is 65.4 Å². The number of esters is 1. The largest absolute Gasteiger partial charge is 0.508 e. The lowest BCUT2D eigenvalue weighted by Gasteiger charge is -2.46. The number of methoxy groups -OCH3 is 1. The fraction of sp³-hybridized carbons (Fsp3) is 0.176. The molecule has 4 amide bonds. The maximum atomic E-state index is 16.1. The van der Waals surface area contributed by atoms with Crippen molar-refractivity contribution in [3.05, 3.63) is 197 Å². The number of phenolic OH excluding ortho intramolecular Hbond substituents is 1. The summed E-state index contributed by atoms with van der Waals surface area (Å²) < 4.78 is 11.7. The third kappa shape index (κ3) is 6.62. The zero-order valence-electron chi connectivity index (χ0n) is 33.8. The maximum Gasteiger partial charge on any atom is 0.329 e. The number of fused-ring (bicyclic) bond motifs is 3. The predicted molar refractivity (Wildman–Crippen MR) is 232 cm³/mol. The maximum absolute atomic E-state index is 16.1.